The highest BCUT2D eigenvalue weighted by Gasteiger charge is 2.21. The van der Waals surface area contributed by atoms with Crippen LogP contribution in [-0.4, -0.2) is 17.6 Å². The number of benzene rings is 1. The highest BCUT2D eigenvalue weighted by molar-refractivity contribution is 5.82. The number of nitrogens with zero attached hydrogens (tertiary/aromatic N) is 1. The summed E-state index contributed by atoms with van der Waals surface area (Å²) in [4.78, 5) is 4.63. The number of hydrogen-bond donors (Lipinski definition) is 1. The van der Waals surface area contributed by atoms with Gasteiger partial charge in [0.25, 0.3) is 0 Å². The van der Waals surface area contributed by atoms with Crippen molar-refractivity contribution in [1.82, 2.24) is 10.3 Å². The van der Waals surface area contributed by atoms with E-state index in [4.69, 9.17) is 0 Å². The van der Waals surface area contributed by atoms with E-state index in [9.17, 15) is 0 Å². The molecule has 1 saturated heterocycles. The molecule has 0 saturated carbocycles. The van der Waals surface area contributed by atoms with E-state index in [1.165, 1.54) is 23.8 Å². The smallest absolute Gasteiger partial charge is 0.0708 e. The van der Waals surface area contributed by atoms with Gasteiger partial charge in [-0.1, -0.05) is 18.2 Å². The molecule has 2 heterocycles. The Hall–Kier alpha value is -1.41. The molecule has 1 N–H and O–H groups in total. The van der Waals surface area contributed by atoms with Gasteiger partial charge in [-0.25, -0.2) is 0 Å². The SMILES string of the molecule is Cc1ccc2c([C@@H]3CCN[C@H](C)C3)cccc2n1. The van der Waals surface area contributed by atoms with Gasteiger partial charge in [0.2, 0.25) is 0 Å². The number of nitrogens with one attached hydrogen (secondary N) is 1. The van der Waals surface area contributed by atoms with Crippen molar-refractivity contribution in [2.45, 2.75) is 38.6 Å². The first-order chi connectivity index (χ1) is 8.74. The maximum atomic E-state index is 4.63. The molecule has 1 aromatic heterocycles. The molecule has 0 unspecified atom stereocenters. The Morgan fingerprint density at radius 1 is 1.22 bits per heavy atom. The van der Waals surface area contributed by atoms with Crippen LogP contribution in [0.2, 0.25) is 0 Å². The van der Waals surface area contributed by atoms with Crippen molar-refractivity contribution in [2.24, 2.45) is 0 Å². The standard InChI is InChI=1S/C16H20N2/c1-11-6-7-15-14(4-3-5-16(15)18-11)13-8-9-17-12(2)10-13/h3-7,12-13,17H,8-10H2,1-2H3/t12-,13-/m1/s1. The largest absolute Gasteiger partial charge is 0.314 e. The van der Waals surface area contributed by atoms with Crippen molar-refractivity contribution in [3.63, 3.8) is 0 Å². The zero-order valence-corrected chi connectivity index (χ0v) is 11.1. The Balaban J connectivity index is 2.05. The summed E-state index contributed by atoms with van der Waals surface area (Å²) in [6.45, 7) is 5.46. The Labute approximate surface area is 108 Å². The van der Waals surface area contributed by atoms with Gasteiger partial charge in [0, 0.05) is 17.1 Å². The minimum absolute atomic E-state index is 0.623. The highest BCUT2D eigenvalue weighted by Crippen LogP contribution is 2.32. The molecule has 3 rings (SSSR count). The maximum absolute atomic E-state index is 4.63. The fourth-order valence-electron chi connectivity index (χ4n) is 3.05. The summed E-state index contributed by atoms with van der Waals surface area (Å²) in [5, 5.41) is 4.86. The number of aromatic nitrogens is 1. The minimum atomic E-state index is 0.623. The molecule has 1 aliphatic rings. The number of aryl methyl sites for hydroxylation is 1. The number of rotatable bonds is 1. The third kappa shape index (κ3) is 2.13. The Morgan fingerprint density at radius 2 is 2.11 bits per heavy atom. The number of piperidine rings is 1. The molecular formula is C16H20N2. The van der Waals surface area contributed by atoms with Crippen LogP contribution in [0.3, 0.4) is 0 Å². The maximum Gasteiger partial charge on any atom is 0.0708 e. The first-order valence-corrected chi connectivity index (χ1v) is 6.83. The molecule has 0 radical (unpaired) electrons. The van der Waals surface area contributed by atoms with Crippen LogP contribution in [0, 0.1) is 6.92 Å². The molecule has 1 fully saturated rings. The summed E-state index contributed by atoms with van der Waals surface area (Å²) in [7, 11) is 0. The Morgan fingerprint density at radius 3 is 2.94 bits per heavy atom. The number of pyridine rings is 1. The third-order valence-corrected chi connectivity index (χ3v) is 3.97. The molecule has 0 spiro atoms. The van der Waals surface area contributed by atoms with Gasteiger partial charge in [0.05, 0.1) is 5.52 Å². The summed E-state index contributed by atoms with van der Waals surface area (Å²) in [6, 6.07) is 11.5. The van der Waals surface area contributed by atoms with Crippen LogP contribution in [0.25, 0.3) is 10.9 Å². The van der Waals surface area contributed by atoms with E-state index in [1.54, 1.807) is 0 Å². The summed E-state index contributed by atoms with van der Waals surface area (Å²) >= 11 is 0. The molecule has 0 bridgehead atoms. The van der Waals surface area contributed by atoms with Crippen LogP contribution in [-0.2, 0) is 0 Å². The minimum Gasteiger partial charge on any atom is -0.314 e. The monoisotopic (exact) mass is 240 g/mol. The van der Waals surface area contributed by atoms with Gasteiger partial charge in [-0.3, -0.25) is 4.98 Å². The predicted octanol–water partition coefficient (Wildman–Crippen LogP) is 3.40. The number of fused-ring (bicyclic) bond motifs is 1. The molecule has 2 atom stereocenters. The summed E-state index contributed by atoms with van der Waals surface area (Å²) < 4.78 is 0. The van der Waals surface area contributed by atoms with Gasteiger partial charge in [0.15, 0.2) is 0 Å². The topological polar surface area (TPSA) is 24.9 Å². The molecule has 1 aliphatic heterocycles. The second-order valence-corrected chi connectivity index (χ2v) is 5.44. The van der Waals surface area contributed by atoms with E-state index in [0.717, 1.165) is 17.8 Å². The molecule has 0 amide bonds. The van der Waals surface area contributed by atoms with E-state index in [2.05, 4.69) is 54.5 Å². The molecule has 1 aromatic carbocycles. The first kappa shape index (κ1) is 11.7. The van der Waals surface area contributed by atoms with Crippen LogP contribution in [0.15, 0.2) is 30.3 Å². The lowest BCUT2D eigenvalue weighted by atomic mass is 9.85. The average Bonchev–Trinajstić information content (AvgIpc) is 2.37. The van der Waals surface area contributed by atoms with Gasteiger partial charge < -0.3 is 5.32 Å². The second kappa shape index (κ2) is 4.69. The third-order valence-electron chi connectivity index (χ3n) is 3.97. The molecule has 0 aliphatic carbocycles. The lowest BCUT2D eigenvalue weighted by Crippen LogP contribution is -2.34. The van der Waals surface area contributed by atoms with Gasteiger partial charge in [-0.15, -0.1) is 0 Å². The molecule has 2 aromatic rings. The summed E-state index contributed by atoms with van der Waals surface area (Å²) in [5.41, 5.74) is 3.71. The second-order valence-electron chi connectivity index (χ2n) is 5.44. The fraction of sp³-hybridized carbons (Fsp3) is 0.438. The van der Waals surface area contributed by atoms with Crippen molar-refractivity contribution in [3.05, 3.63) is 41.6 Å². The van der Waals surface area contributed by atoms with Crippen molar-refractivity contribution in [1.29, 1.82) is 0 Å². The lowest BCUT2D eigenvalue weighted by molar-refractivity contribution is 0.382. The van der Waals surface area contributed by atoms with Crippen LogP contribution in [0.4, 0.5) is 0 Å². The van der Waals surface area contributed by atoms with Crippen molar-refractivity contribution >= 4 is 10.9 Å². The van der Waals surface area contributed by atoms with Gasteiger partial charge in [-0.2, -0.15) is 0 Å². The van der Waals surface area contributed by atoms with Gasteiger partial charge in [0.1, 0.15) is 0 Å². The zero-order chi connectivity index (χ0) is 12.5. The molecule has 2 nitrogen and oxygen atoms in total. The zero-order valence-electron chi connectivity index (χ0n) is 11.1. The van der Waals surface area contributed by atoms with Gasteiger partial charge >= 0.3 is 0 Å². The fourth-order valence-corrected chi connectivity index (χ4v) is 3.05. The molecule has 94 valence electrons. The van der Waals surface area contributed by atoms with Crippen LogP contribution in [0.5, 0.6) is 0 Å². The highest BCUT2D eigenvalue weighted by atomic mass is 14.9. The van der Waals surface area contributed by atoms with Crippen molar-refractivity contribution in [3.8, 4) is 0 Å². The number of hydrogen-bond acceptors (Lipinski definition) is 2. The van der Waals surface area contributed by atoms with Crippen LogP contribution < -0.4 is 5.32 Å². The molecular weight excluding hydrogens is 220 g/mol. The van der Waals surface area contributed by atoms with Crippen molar-refractivity contribution in [2.75, 3.05) is 6.54 Å². The van der Waals surface area contributed by atoms with E-state index in [0.29, 0.717) is 12.0 Å². The first-order valence-electron chi connectivity index (χ1n) is 6.83. The molecule has 2 heteroatoms. The lowest BCUT2D eigenvalue weighted by Gasteiger charge is -2.29. The quantitative estimate of drug-likeness (QED) is 0.826. The van der Waals surface area contributed by atoms with E-state index in [1.807, 2.05) is 0 Å². The Bertz CT molecular complexity index is 562. The Kier molecular flexibility index (Phi) is 3.04. The summed E-state index contributed by atoms with van der Waals surface area (Å²) in [6.07, 6.45) is 2.46. The normalized spacial score (nSPS) is 24.3. The van der Waals surface area contributed by atoms with Crippen LogP contribution >= 0.6 is 0 Å². The van der Waals surface area contributed by atoms with Crippen molar-refractivity contribution < 1.29 is 0 Å². The van der Waals surface area contributed by atoms with Gasteiger partial charge in [-0.05, 0) is 56.8 Å². The summed E-state index contributed by atoms with van der Waals surface area (Å²) in [5.74, 6) is 0.675. The van der Waals surface area contributed by atoms with Crippen LogP contribution in [0.1, 0.15) is 36.9 Å². The predicted molar refractivity (Wildman–Crippen MR) is 75.9 cm³/mol. The average molecular weight is 240 g/mol. The van der Waals surface area contributed by atoms with E-state index in [-0.39, 0.29) is 0 Å². The van der Waals surface area contributed by atoms with E-state index < -0.39 is 0 Å². The molecule has 18 heavy (non-hydrogen) atoms. The van der Waals surface area contributed by atoms with E-state index >= 15 is 0 Å².